The molecule has 144 valence electrons. The number of hydrogen-bond acceptors (Lipinski definition) is 4. The van der Waals surface area contributed by atoms with Crippen molar-refractivity contribution in [3.8, 4) is 5.75 Å². The first kappa shape index (κ1) is 18.7. The van der Waals surface area contributed by atoms with E-state index in [2.05, 4.69) is 20.9 Å². The summed E-state index contributed by atoms with van der Waals surface area (Å²) in [6, 6.07) is 15.0. The van der Waals surface area contributed by atoms with Gasteiger partial charge in [-0.15, -0.1) is 0 Å². The standard InChI is InChI=1S/C19H12BrF4N3O/c20-17-10-9-15-18(25-17)26(15)27(24)28-16-4-2-1-3-13(16)11-12-5-7-14(8-6-12)19(21,22)23/h1-10H,11H2. The summed E-state index contributed by atoms with van der Waals surface area (Å²) in [6.07, 6.45) is -4.09. The average Bonchev–Trinajstić information content (AvgIpc) is 3.36. The van der Waals surface area contributed by atoms with Crippen LogP contribution in [0.5, 0.6) is 5.75 Å². The summed E-state index contributed by atoms with van der Waals surface area (Å²) < 4.78 is 53.1. The number of fused-ring (bicyclic) bond motifs is 1. The molecule has 3 aromatic rings. The molecule has 1 aromatic heterocycles. The van der Waals surface area contributed by atoms with Crippen molar-refractivity contribution >= 4 is 27.4 Å². The normalized spacial score (nSPS) is 12.9. The van der Waals surface area contributed by atoms with E-state index in [1.165, 1.54) is 12.1 Å². The monoisotopic (exact) mass is 453 g/mol. The summed E-state index contributed by atoms with van der Waals surface area (Å²) >= 11 is 3.21. The molecule has 0 atom stereocenters. The number of pyridine rings is 1. The number of hydrazine groups is 1. The van der Waals surface area contributed by atoms with Gasteiger partial charge in [-0.1, -0.05) is 34.8 Å². The van der Waals surface area contributed by atoms with Crippen molar-refractivity contribution in [3.63, 3.8) is 0 Å². The minimum Gasteiger partial charge on any atom is -0.358 e. The zero-order chi connectivity index (χ0) is 19.9. The number of benzene rings is 2. The predicted octanol–water partition coefficient (Wildman–Crippen LogP) is 6.00. The number of para-hydroxylation sites is 1. The Labute approximate surface area is 166 Å². The molecule has 0 saturated carbocycles. The molecule has 0 radical (unpaired) electrons. The molecule has 4 nitrogen and oxygen atoms in total. The molecule has 2 heterocycles. The molecule has 1 aliphatic rings. The maximum atomic E-state index is 14.5. The Kier molecular flexibility index (Phi) is 4.72. The fourth-order valence-corrected chi connectivity index (χ4v) is 3.05. The molecule has 0 saturated heterocycles. The van der Waals surface area contributed by atoms with Crippen molar-refractivity contribution in [2.24, 2.45) is 0 Å². The maximum absolute atomic E-state index is 14.5. The van der Waals surface area contributed by atoms with Crippen LogP contribution in [0, 0.1) is 0 Å². The minimum absolute atomic E-state index is 0.0791. The fraction of sp³-hybridized carbons (Fsp3) is 0.105. The second-order valence-electron chi connectivity index (χ2n) is 6.09. The van der Waals surface area contributed by atoms with Crippen LogP contribution in [0.4, 0.5) is 29.2 Å². The van der Waals surface area contributed by atoms with Gasteiger partial charge in [-0.3, -0.25) is 0 Å². The maximum Gasteiger partial charge on any atom is 0.416 e. The lowest BCUT2D eigenvalue weighted by Crippen LogP contribution is -2.27. The van der Waals surface area contributed by atoms with Crippen molar-refractivity contribution in [3.05, 3.63) is 82.0 Å². The smallest absolute Gasteiger partial charge is 0.358 e. The Hall–Kier alpha value is -2.65. The Morgan fingerprint density at radius 3 is 2.39 bits per heavy atom. The zero-order valence-corrected chi connectivity index (χ0v) is 15.7. The van der Waals surface area contributed by atoms with E-state index in [-0.39, 0.29) is 11.1 Å². The molecule has 0 amide bonds. The van der Waals surface area contributed by atoms with Crippen molar-refractivity contribution < 1.29 is 22.5 Å². The number of halogens is 5. The topological polar surface area (TPSA) is 28.4 Å². The van der Waals surface area contributed by atoms with Crippen LogP contribution in [0.1, 0.15) is 16.7 Å². The highest BCUT2D eigenvalue weighted by Gasteiger charge is 2.39. The van der Waals surface area contributed by atoms with Gasteiger partial charge in [0.2, 0.25) is 0 Å². The zero-order valence-electron chi connectivity index (χ0n) is 14.1. The van der Waals surface area contributed by atoms with Gasteiger partial charge in [0.15, 0.2) is 11.6 Å². The first-order valence-electron chi connectivity index (χ1n) is 8.17. The summed E-state index contributed by atoms with van der Waals surface area (Å²) in [5, 5.41) is 1.23. The van der Waals surface area contributed by atoms with E-state index in [0.717, 1.165) is 17.1 Å². The van der Waals surface area contributed by atoms with E-state index in [0.29, 0.717) is 33.7 Å². The summed E-state index contributed by atoms with van der Waals surface area (Å²) in [6.45, 7) is 0. The molecule has 28 heavy (non-hydrogen) atoms. The largest absolute Gasteiger partial charge is 0.416 e. The average molecular weight is 454 g/mol. The number of rotatable bonds is 5. The SMILES string of the molecule is FN(Oc1ccccc1Cc1ccc(C(F)(F)F)cc1)N1c2ccc(Br)nc21. The van der Waals surface area contributed by atoms with Gasteiger partial charge in [-0.2, -0.15) is 18.2 Å². The number of aromatic nitrogens is 1. The van der Waals surface area contributed by atoms with Crippen LogP contribution < -0.4 is 9.85 Å². The second-order valence-corrected chi connectivity index (χ2v) is 6.90. The molecule has 0 spiro atoms. The van der Waals surface area contributed by atoms with Gasteiger partial charge in [0.25, 0.3) is 0 Å². The second kappa shape index (κ2) is 7.06. The third kappa shape index (κ3) is 3.81. The van der Waals surface area contributed by atoms with Gasteiger partial charge in [-0.05, 0) is 51.8 Å². The summed E-state index contributed by atoms with van der Waals surface area (Å²) in [4.78, 5) is 9.42. The van der Waals surface area contributed by atoms with Crippen LogP contribution in [-0.4, -0.2) is 10.4 Å². The third-order valence-electron chi connectivity index (χ3n) is 4.18. The van der Waals surface area contributed by atoms with Gasteiger partial charge in [0.05, 0.1) is 5.56 Å². The molecule has 4 rings (SSSR count). The quantitative estimate of drug-likeness (QED) is 0.156. The van der Waals surface area contributed by atoms with Crippen molar-refractivity contribution in [2.75, 3.05) is 5.01 Å². The Bertz CT molecular complexity index is 1010. The van der Waals surface area contributed by atoms with Crippen molar-refractivity contribution in [1.82, 2.24) is 10.4 Å². The highest BCUT2D eigenvalue weighted by molar-refractivity contribution is 9.10. The predicted molar refractivity (Wildman–Crippen MR) is 98.3 cm³/mol. The number of alkyl halides is 3. The van der Waals surface area contributed by atoms with E-state index in [1.807, 2.05) is 0 Å². The van der Waals surface area contributed by atoms with E-state index in [1.54, 1.807) is 36.4 Å². The lowest BCUT2D eigenvalue weighted by atomic mass is 10.0. The molecule has 0 N–H and O–H groups in total. The van der Waals surface area contributed by atoms with Crippen LogP contribution in [0.15, 0.2) is 65.3 Å². The minimum atomic E-state index is -4.38. The third-order valence-corrected chi connectivity index (χ3v) is 4.62. The van der Waals surface area contributed by atoms with Gasteiger partial charge >= 0.3 is 6.18 Å². The Balaban J connectivity index is 1.48. The van der Waals surface area contributed by atoms with Gasteiger partial charge < -0.3 is 4.84 Å². The van der Waals surface area contributed by atoms with Gasteiger partial charge in [-0.25, -0.2) is 4.98 Å². The molecular formula is C19H12BrF4N3O. The van der Waals surface area contributed by atoms with E-state index in [9.17, 15) is 17.7 Å². The number of anilines is 2. The van der Waals surface area contributed by atoms with Gasteiger partial charge in [0.1, 0.15) is 15.7 Å². The molecule has 0 fully saturated rings. The summed E-state index contributed by atoms with van der Waals surface area (Å²) in [5.74, 6) is 0.680. The molecule has 9 heteroatoms. The number of nitrogens with zero attached hydrogens (tertiary/aromatic N) is 3. The molecule has 0 bridgehead atoms. The van der Waals surface area contributed by atoms with E-state index in [4.69, 9.17) is 4.84 Å². The lowest BCUT2D eigenvalue weighted by molar-refractivity contribution is -0.204. The molecule has 1 aliphatic heterocycles. The van der Waals surface area contributed by atoms with Crippen molar-refractivity contribution in [2.45, 2.75) is 12.6 Å². The molecule has 0 unspecified atom stereocenters. The summed E-state index contributed by atoms with van der Waals surface area (Å²) in [7, 11) is 0. The van der Waals surface area contributed by atoms with Crippen LogP contribution in [0.3, 0.4) is 0 Å². The van der Waals surface area contributed by atoms with Crippen LogP contribution in [0.2, 0.25) is 0 Å². The van der Waals surface area contributed by atoms with Gasteiger partial charge in [0, 0.05) is 12.0 Å². The molecule has 2 aromatic carbocycles. The van der Waals surface area contributed by atoms with Crippen LogP contribution >= 0.6 is 15.9 Å². The first-order chi connectivity index (χ1) is 13.3. The molecule has 0 aliphatic carbocycles. The Morgan fingerprint density at radius 2 is 1.71 bits per heavy atom. The van der Waals surface area contributed by atoms with Crippen LogP contribution in [0.25, 0.3) is 0 Å². The summed E-state index contributed by atoms with van der Waals surface area (Å²) in [5.41, 5.74) is 1.14. The fourth-order valence-electron chi connectivity index (χ4n) is 2.75. The highest BCUT2D eigenvalue weighted by atomic mass is 79.9. The highest BCUT2D eigenvalue weighted by Crippen LogP contribution is 2.48. The molecular weight excluding hydrogens is 442 g/mol. The number of hydrogen-bond donors (Lipinski definition) is 0. The van der Waals surface area contributed by atoms with E-state index >= 15 is 0 Å². The van der Waals surface area contributed by atoms with Crippen LogP contribution in [-0.2, 0) is 12.6 Å². The Morgan fingerprint density at radius 1 is 1.00 bits per heavy atom. The lowest BCUT2D eigenvalue weighted by Gasteiger charge is -2.16. The van der Waals surface area contributed by atoms with E-state index < -0.39 is 11.7 Å². The first-order valence-corrected chi connectivity index (χ1v) is 8.97. The van der Waals surface area contributed by atoms with Crippen molar-refractivity contribution in [1.29, 1.82) is 0 Å².